The second-order valence-electron chi connectivity index (χ2n) is 7.63. The van der Waals surface area contributed by atoms with Crippen LogP contribution in [0.25, 0.3) is 21.7 Å². The fourth-order valence-corrected chi connectivity index (χ4v) is 5.10. The van der Waals surface area contributed by atoms with E-state index in [1.54, 1.807) is 18.2 Å². The van der Waals surface area contributed by atoms with E-state index in [0.29, 0.717) is 29.9 Å². The van der Waals surface area contributed by atoms with E-state index in [-0.39, 0.29) is 6.61 Å². The first-order chi connectivity index (χ1) is 14.9. The Labute approximate surface area is 180 Å². The highest BCUT2D eigenvalue weighted by Gasteiger charge is 2.27. The Hall–Kier alpha value is -3.45. The summed E-state index contributed by atoms with van der Waals surface area (Å²) in [6.45, 7) is 0.441. The van der Waals surface area contributed by atoms with Crippen molar-refractivity contribution >= 4 is 43.4 Å². The summed E-state index contributed by atoms with van der Waals surface area (Å²) in [5, 5.41) is 3.08. The quantitative estimate of drug-likeness (QED) is 0.359. The molecule has 5 rings (SSSR count). The molecule has 0 saturated carbocycles. The number of rotatable bonds is 4. The summed E-state index contributed by atoms with van der Waals surface area (Å²) >= 11 is 0. The maximum atomic E-state index is 12.7. The van der Waals surface area contributed by atoms with Crippen LogP contribution in [0.3, 0.4) is 0 Å². The van der Waals surface area contributed by atoms with Crippen LogP contribution in [-0.4, -0.2) is 32.2 Å². The van der Waals surface area contributed by atoms with Crippen molar-refractivity contribution in [2.45, 2.75) is 13.0 Å². The maximum Gasteiger partial charge on any atom is 0.338 e. The topological polar surface area (TPSA) is 76.6 Å². The molecular weight excluding hydrogens is 412 g/mol. The SMILES string of the molecule is CS(=O)(=O)N1CCc2cc(C(=O)OCc3nc4ccccc4c4ccccc34)ccc21. The molecule has 0 spiro atoms. The molecule has 0 radical (unpaired) electrons. The molecule has 1 aliphatic heterocycles. The minimum absolute atomic E-state index is 0.0523. The number of anilines is 1. The van der Waals surface area contributed by atoms with E-state index in [9.17, 15) is 13.2 Å². The number of hydrogen-bond acceptors (Lipinski definition) is 5. The van der Waals surface area contributed by atoms with Gasteiger partial charge in [0.2, 0.25) is 10.0 Å². The molecular formula is C24H20N2O4S. The van der Waals surface area contributed by atoms with Crippen molar-refractivity contribution in [1.82, 2.24) is 4.98 Å². The van der Waals surface area contributed by atoms with Gasteiger partial charge in [0.1, 0.15) is 6.61 Å². The zero-order valence-corrected chi connectivity index (χ0v) is 17.7. The van der Waals surface area contributed by atoms with Crippen molar-refractivity contribution in [3.63, 3.8) is 0 Å². The fourth-order valence-electron chi connectivity index (χ4n) is 4.14. The molecule has 0 N–H and O–H groups in total. The van der Waals surface area contributed by atoms with Crippen LogP contribution in [0.2, 0.25) is 0 Å². The standard InChI is InChI=1S/C24H20N2O4S/c1-31(28,29)26-13-12-16-14-17(10-11-23(16)26)24(27)30-15-22-20-8-3-2-6-18(20)19-7-4-5-9-21(19)25-22/h2-11,14H,12-13,15H2,1H3. The Kier molecular flexibility index (Phi) is 4.63. The lowest BCUT2D eigenvalue weighted by Gasteiger charge is -2.16. The predicted octanol–water partition coefficient (Wildman–Crippen LogP) is 4.07. The summed E-state index contributed by atoms with van der Waals surface area (Å²) in [6, 6.07) is 20.8. The van der Waals surface area contributed by atoms with Gasteiger partial charge in [0.15, 0.2) is 0 Å². The van der Waals surface area contributed by atoms with Gasteiger partial charge in [-0.3, -0.25) is 4.31 Å². The van der Waals surface area contributed by atoms with Crippen molar-refractivity contribution in [3.8, 4) is 0 Å². The molecule has 156 valence electrons. The Balaban J connectivity index is 1.42. The van der Waals surface area contributed by atoms with E-state index in [1.165, 1.54) is 10.6 Å². The summed E-state index contributed by atoms with van der Waals surface area (Å²) in [5.41, 5.74) is 3.41. The highest BCUT2D eigenvalue weighted by atomic mass is 32.2. The molecule has 0 saturated heterocycles. The number of aromatic nitrogens is 1. The van der Waals surface area contributed by atoms with E-state index in [4.69, 9.17) is 9.72 Å². The number of benzene rings is 3. The number of sulfonamides is 1. The summed E-state index contributed by atoms with van der Waals surface area (Å²) in [7, 11) is -3.33. The van der Waals surface area contributed by atoms with E-state index >= 15 is 0 Å². The van der Waals surface area contributed by atoms with Crippen molar-refractivity contribution in [3.05, 3.63) is 83.6 Å². The number of esters is 1. The minimum Gasteiger partial charge on any atom is -0.456 e. The van der Waals surface area contributed by atoms with Gasteiger partial charge in [-0.15, -0.1) is 0 Å². The van der Waals surface area contributed by atoms with Crippen LogP contribution in [0.1, 0.15) is 21.6 Å². The van der Waals surface area contributed by atoms with Crippen LogP contribution >= 0.6 is 0 Å². The Morgan fingerprint density at radius 1 is 1.00 bits per heavy atom. The zero-order valence-electron chi connectivity index (χ0n) is 16.9. The van der Waals surface area contributed by atoms with Crippen LogP contribution < -0.4 is 4.31 Å². The first-order valence-corrected chi connectivity index (χ1v) is 11.8. The number of ether oxygens (including phenoxy) is 1. The number of nitrogens with zero attached hydrogens (tertiary/aromatic N) is 2. The van der Waals surface area contributed by atoms with E-state index in [0.717, 1.165) is 27.2 Å². The Morgan fingerprint density at radius 3 is 2.48 bits per heavy atom. The van der Waals surface area contributed by atoms with Gasteiger partial charge in [-0.2, -0.15) is 0 Å². The summed E-state index contributed by atoms with van der Waals surface area (Å²) in [5.74, 6) is -0.459. The maximum absolute atomic E-state index is 12.7. The van der Waals surface area contributed by atoms with Gasteiger partial charge >= 0.3 is 5.97 Å². The predicted molar refractivity (Wildman–Crippen MR) is 121 cm³/mol. The lowest BCUT2D eigenvalue weighted by atomic mass is 10.0. The number of carbonyl (C=O) groups excluding carboxylic acids is 1. The first-order valence-electron chi connectivity index (χ1n) is 9.96. The number of fused-ring (bicyclic) bond motifs is 4. The van der Waals surface area contributed by atoms with Crippen LogP contribution in [-0.2, 0) is 27.8 Å². The molecule has 7 heteroatoms. The molecule has 0 atom stereocenters. The second kappa shape index (κ2) is 7.35. The lowest BCUT2D eigenvalue weighted by Crippen LogP contribution is -2.27. The van der Waals surface area contributed by atoms with Crippen LogP contribution in [0, 0.1) is 0 Å². The van der Waals surface area contributed by atoms with Crippen LogP contribution in [0.5, 0.6) is 0 Å². The van der Waals surface area contributed by atoms with Gasteiger partial charge in [0, 0.05) is 17.3 Å². The zero-order chi connectivity index (χ0) is 21.6. The van der Waals surface area contributed by atoms with Crippen molar-refractivity contribution in [2.24, 2.45) is 0 Å². The summed E-state index contributed by atoms with van der Waals surface area (Å²) in [6.07, 6.45) is 1.76. The van der Waals surface area contributed by atoms with E-state index in [2.05, 4.69) is 0 Å². The number of para-hydroxylation sites is 1. The third kappa shape index (κ3) is 3.51. The number of carbonyl (C=O) groups is 1. The first kappa shape index (κ1) is 19.5. The fraction of sp³-hybridized carbons (Fsp3) is 0.167. The lowest BCUT2D eigenvalue weighted by molar-refractivity contribution is 0.0470. The highest BCUT2D eigenvalue weighted by molar-refractivity contribution is 7.92. The van der Waals surface area contributed by atoms with E-state index in [1.807, 2.05) is 48.5 Å². The van der Waals surface area contributed by atoms with Crippen LogP contribution in [0.4, 0.5) is 5.69 Å². The van der Waals surface area contributed by atoms with Crippen molar-refractivity contribution in [2.75, 3.05) is 17.1 Å². The van der Waals surface area contributed by atoms with Crippen molar-refractivity contribution in [1.29, 1.82) is 0 Å². The molecule has 0 unspecified atom stereocenters. The van der Waals surface area contributed by atoms with Gasteiger partial charge in [-0.05, 0) is 41.6 Å². The van der Waals surface area contributed by atoms with Gasteiger partial charge in [0.05, 0.1) is 28.7 Å². The molecule has 4 aromatic rings. The summed E-state index contributed by atoms with van der Waals surface area (Å²) in [4.78, 5) is 17.4. The van der Waals surface area contributed by atoms with Crippen LogP contribution in [0.15, 0.2) is 66.7 Å². The van der Waals surface area contributed by atoms with E-state index < -0.39 is 16.0 Å². The Morgan fingerprint density at radius 2 is 1.71 bits per heavy atom. The third-order valence-corrected chi connectivity index (χ3v) is 6.78. The molecule has 6 nitrogen and oxygen atoms in total. The Bertz CT molecular complexity index is 1450. The molecule has 1 aromatic heterocycles. The highest BCUT2D eigenvalue weighted by Crippen LogP contribution is 2.31. The molecule has 2 heterocycles. The second-order valence-corrected chi connectivity index (χ2v) is 9.53. The molecule has 0 aliphatic carbocycles. The smallest absolute Gasteiger partial charge is 0.338 e. The molecule has 1 aliphatic rings. The number of pyridine rings is 1. The molecule has 31 heavy (non-hydrogen) atoms. The minimum atomic E-state index is -3.33. The molecule has 0 bridgehead atoms. The molecule has 0 amide bonds. The van der Waals surface area contributed by atoms with Gasteiger partial charge in [0.25, 0.3) is 0 Å². The van der Waals surface area contributed by atoms with Gasteiger partial charge in [-0.25, -0.2) is 18.2 Å². The molecule has 0 fully saturated rings. The molecule has 3 aromatic carbocycles. The summed E-state index contributed by atoms with van der Waals surface area (Å²) < 4.78 is 30.8. The normalized spacial score (nSPS) is 13.5. The van der Waals surface area contributed by atoms with Gasteiger partial charge in [-0.1, -0.05) is 42.5 Å². The monoisotopic (exact) mass is 432 g/mol. The largest absolute Gasteiger partial charge is 0.456 e. The van der Waals surface area contributed by atoms with Gasteiger partial charge < -0.3 is 4.74 Å². The number of hydrogen-bond donors (Lipinski definition) is 0. The van der Waals surface area contributed by atoms with Crippen molar-refractivity contribution < 1.29 is 17.9 Å². The average Bonchev–Trinajstić information content (AvgIpc) is 3.21. The average molecular weight is 433 g/mol. The third-order valence-electron chi connectivity index (χ3n) is 5.60.